The van der Waals surface area contributed by atoms with Crippen LogP contribution in [0, 0.1) is 5.41 Å². The SMILES string of the molecule is NS(=O)(=O)c1ccc(C2=CC(C(F)(F)F)(C(F)(F)F)C=C2c2ccc(C(F)(F)F)cn2)cc1. The molecule has 178 valence electrons. The van der Waals surface area contributed by atoms with Gasteiger partial charge in [-0.2, -0.15) is 39.5 Å². The van der Waals surface area contributed by atoms with Crippen molar-refractivity contribution in [3.63, 3.8) is 0 Å². The third-order valence-electron chi connectivity index (χ3n) is 4.83. The Kier molecular flexibility index (Phi) is 5.69. The van der Waals surface area contributed by atoms with Gasteiger partial charge in [-0.25, -0.2) is 13.6 Å². The quantitative estimate of drug-likeness (QED) is 0.576. The molecular weight excluding hydrogens is 491 g/mol. The summed E-state index contributed by atoms with van der Waals surface area (Å²) >= 11 is 0. The zero-order chi connectivity index (χ0) is 25.0. The van der Waals surface area contributed by atoms with Crippen LogP contribution in [0.4, 0.5) is 39.5 Å². The van der Waals surface area contributed by atoms with E-state index in [4.69, 9.17) is 5.14 Å². The number of pyridine rings is 1. The average Bonchev–Trinajstić information content (AvgIpc) is 3.09. The molecule has 33 heavy (non-hydrogen) atoms. The second-order valence-electron chi connectivity index (χ2n) is 6.98. The van der Waals surface area contributed by atoms with Crippen molar-refractivity contribution in [3.05, 3.63) is 71.6 Å². The van der Waals surface area contributed by atoms with Crippen molar-refractivity contribution in [3.8, 4) is 0 Å². The highest BCUT2D eigenvalue weighted by molar-refractivity contribution is 7.89. The zero-order valence-corrected chi connectivity index (χ0v) is 16.7. The van der Waals surface area contributed by atoms with Crippen molar-refractivity contribution in [1.82, 2.24) is 4.98 Å². The number of primary sulfonamides is 1. The molecule has 0 spiro atoms. The molecule has 2 aromatic rings. The Morgan fingerprint density at radius 1 is 0.758 bits per heavy atom. The molecule has 14 heteroatoms. The summed E-state index contributed by atoms with van der Waals surface area (Å²) in [6.07, 6.45) is -16.5. The maximum atomic E-state index is 13.7. The Bertz CT molecular complexity index is 1210. The normalized spacial score (nSPS) is 17.0. The van der Waals surface area contributed by atoms with Crippen LogP contribution in [-0.4, -0.2) is 25.8 Å². The first kappa shape index (κ1) is 24.8. The second kappa shape index (κ2) is 7.58. The maximum Gasteiger partial charge on any atom is 0.417 e. The van der Waals surface area contributed by atoms with Gasteiger partial charge in [-0.15, -0.1) is 0 Å². The smallest absolute Gasteiger partial charge is 0.256 e. The van der Waals surface area contributed by atoms with Crippen molar-refractivity contribution >= 4 is 21.2 Å². The van der Waals surface area contributed by atoms with Crippen molar-refractivity contribution < 1.29 is 47.9 Å². The number of rotatable bonds is 3. The van der Waals surface area contributed by atoms with Crippen molar-refractivity contribution in [1.29, 1.82) is 0 Å². The van der Waals surface area contributed by atoms with Gasteiger partial charge in [-0.3, -0.25) is 4.98 Å². The van der Waals surface area contributed by atoms with E-state index in [9.17, 15) is 47.9 Å². The molecule has 0 fully saturated rings. The van der Waals surface area contributed by atoms with Crippen LogP contribution in [-0.2, 0) is 16.2 Å². The lowest BCUT2D eigenvalue weighted by Crippen LogP contribution is -2.46. The van der Waals surface area contributed by atoms with Gasteiger partial charge in [0.05, 0.1) is 16.2 Å². The number of nitrogens with zero attached hydrogens (tertiary/aromatic N) is 1. The maximum absolute atomic E-state index is 13.7. The van der Waals surface area contributed by atoms with E-state index in [0.717, 1.165) is 24.3 Å². The summed E-state index contributed by atoms with van der Waals surface area (Å²) in [5.41, 5.74) is -7.95. The van der Waals surface area contributed by atoms with E-state index in [1.54, 1.807) is 0 Å². The van der Waals surface area contributed by atoms with Gasteiger partial charge in [-0.1, -0.05) is 12.1 Å². The van der Waals surface area contributed by atoms with Crippen LogP contribution in [0.25, 0.3) is 11.1 Å². The first-order chi connectivity index (χ1) is 14.9. The van der Waals surface area contributed by atoms with Gasteiger partial charge >= 0.3 is 18.5 Å². The fourth-order valence-corrected chi connectivity index (χ4v) is 3.65. The van der Waals surface area contributed by atoms with E-state index in [-0.39, 0.29) is 23.9 Å². The monoisotopic (exact) mass is 502 g/mol. The number of benzene rings is 1. The highest BCUT2D eigenvalue weighted by Crippen LogP contribution is 2.59. The number of aromatic nitrogens is 1. The lowest BCUT2D eigenvalue weighted by molar-refractivity contribution is -0.301. The first-order valence-corrected chi connectivity index (χ1v) is 10.2. The average molecular weight is 502 g/mol. The van der Waals surface area contributed by atoms with Gasteiger partial charge in [0, 0.05) is 11.8 Å². The highest BCUT2D eigenvalue weighted by atomic mass is 32.2. The van der Waals surface area contributed by atoms with Crippen LogP contribution >= 0.6 is 0 Å². The summed E-state index contributed by atoms with van der Waals surface area (Å²) < 4.78 is 143. The lowest BCUT2D eigenvalue weighted by atomic mass is 9.87. The lowest BCUT2D eigenvalue weighted by Gasteiger charge is -2.30. The fraction of sp³-hybridized carbons (Fsp3) is 0.211. The van der Waals surface area contributed by atoms with E-state index in [1.807, 2.05) is 0 Å². The Balaban J connectivity index is 2.25. The van der Waals surface area contributed by atoms with E-state index >= 15 is 0 Å². The van der Waals surface area contributed by atoms with Crippen LogP contribution in [0.2, 0.25) is 0 Å². The number of halogens is 9. The van der Waals surface area contributed by atoms with Crippen LogP contribution in [0.3, 0.4) is 0 Å². The molecule has 1 aromatic carbocycles. The molecule has 0 saturated heterocycles. The number of allylic oxidation sites excluding steroid dienone is 4. The van der Waals surface area contributed by atoms with E-state index in [1.165, 1.54) is 0 Å². The molecule has 1 aliphatic carbocycles. The van der Waals surface area contributed by atoms with Gasteiger partial charge in [0.25, 0.3) is 0 Å². The number of nitrogens with two attached hydrogens (primary N) is 1. The van der Waals surface area contributed by atoms with Crippen molar-refractivity contribution in [2.45, 2.75) is 23.4 Å². The summed E-state index contributed by atoms with van der Waals surface area (Å²) in [4.78, 5) is 2.95. The Morgan fingerprint density at radius 2 is 1.27 bits per heavy atom. The molecule has 1 aliphatic rings. The molecular formula is C19H11F9N2O2S. The Labute approximate surface area is 180 Å². The number of hydrogen-bond donors (Lipinski definition) is 1. The fourth-order valence-electron chi connectivity index (χ4n) is 3.14. The van der Waals surface area contributed by atoms with Gasteiger partial charge < -0.3 is 0 Å². The number of alkyl halides is 9. The van der Waals surface area contributed by atoms with Crippen LogP contribution in [0.15, 0.2) is 59.6 Å². The summed E-state index contributed by atoms with van der Waals surface area (Å²) in [6.45, 7) is 0. The molecule has 0 amide bonds. The Morgan fingerprint density at radius 3 is 1.67 bits per heavy atom. The minimum Gasteiger partial charge on any atom is -0.256 e. The zero-order valence-electron chi connectivity index (χ0n) is 15.8. The van der Waals surface area contributed by atoms with Gasteiger partial charge in [0.1, 0.15) is 0 Å². The minimum absolute atomic E-state index is 0.117. The summed E-state index contributed by atoms with van der Waals surface area (Å²) in [7, 11) is -4.21. The highest BCUT2D eigenvalue weighted by Gasteiger charge is 2.70. The molecule has 0 saturated carbocycles. The largest absolute Gasteiger partial charge is 0.417 e. The third kappa shape index (κ3) is 4.49. The third-order valence-corrected chi connectivity index (χ3v) is 5.76. The molecule has 1 aromatic heterocycles. The van der Waals surface area contributed by atoms with E-state index in [2.05, 4.69) is 4.98 Å². The van der Waals surface area contributed by atoms with E-state index < -0.39 is 61.3 Å². The summed E-state index contributed by atoms with van der Waals surface area (Å²) in [6, 6.07) is 4.68. The number of sulfonamides is 1. The topological polar surface area (TPSA) is 73.1 Å². The molecule has 0 aliphatic heterocycles. The van der Waals surface area contributed by atoms with Gasteiger partial charge in [0.2, 0.25) is 10.0 Å². The predicted octanol–water partition coefficient (Wildman–Crippen LogP) is 5.34. The molecule has 0 radical (unpaired) electrons. The Hall–Kier alpha value is -2.87. The standard InChI is InChI=1S/C19H11F9N2O2S/c20-17(21,22)11-3-6-15(30-9-11)14-8-16(18(23,24)25,19(26,27)28)7-13(14)10-1-4-12(5-2-10)33(29,31)32/h1-9H,(H2,29,31,32). The molecule has 4 nitrogen and oxygen atoms in total. The number of hydrogen-bond acceptors (Lipinski definition) is 3. The summed E-state index contributed by atoms with van der Waals surface area (Å²) in [5.74, 6) is 0. The molecule has 2 N–H and O–H groups in total. The van der Waals surface area contributed by atoms with E-state index in [0.29, 0.717) is 12.1 Å². The molecule has 0 unspecified atom stereocenters. The minimum atomic E-state index is -5.86. The van der Waals surface area contributed by atoms with Crippen LogP contribution in [0.1, 0.15) is 16.8 Å². The van der Waals surface area contributed by atoms with Crippen molar-refractivity contribution in [2.24, 2.45) is 10.6 Å². The van der Waals surface area contributed by atoms with Crippen LogP contribution in [0.5, 0.6) is 0 Å². The first-order valence-electron chi connectivity index (χ1n) is 8.63. The molecule has 0 atom stereocenters. The van der Waals surface area contributed by atoms with Gasteiger partial charge in [-0.05, 0) is 47.6 Å². The summed E-state index contributed by atoms with van der Waals surface area (Å²) in [5, 5.41) is 4.93. The predicted molar refractivity (Wildman–Crippen MR) is 97.6 cm³/mol. The van der Waals surface area contributed by atoms with Gasteiger partial charge in [0.15, 0.2) is 5.41 Å². The molecule has 3 rings (SSSR count). The second-order valence-corrected chi connectivity index (χ2v) is 8.54. The van der Waals surface area contributed by atoms with Crippen LogP contribution < -0.4 is 5.14 Å². The van der Waals surface area contributed by atoms with Crippen molar-refractivity contribution in [2.75, 3.05) is 0 Å². The molecule has 1 heterocycles. The molecule has 0 bridgehead atoms.